The number of hydrogen-bond donors (Lipinski definition) is 0. The predicted molar refractivity (Wildman–Crippen MR) is 72.8 cm³/mol. The molecular weight excluding hydrogens is 248 g/mol. The Morgan fingerprint density at radius 3 is 2.78 bits per heavy atom. The van der Waals surface area contributed by atoms with Gasteiger partial charge in [0.25, 0.3) is 0 Å². The fourth-order valence-corrected chi connectivity index (χ4v) is 2.67. The summed E-state index contributed by atoms with van der Waals surface area (Å²) in [6.07, 6.45) is 2.77. The van der Waals surface area contributed by atoms with Crippen LogP contribution < -0.4 is 0 Å². The molecule has 2 heterocycles. The van der Waals surface area contributed by atoms with Gasteiger partial charge in [-0.1, -0.05) is 13.8 Å². The molecule has 1 aromatic rings. The number of hydrogen-bond acceptors (Lipinski definition) is 4. The van der Waals surface area contributed by atoms with Crippen molar-refractivity contribution in [2.45, 2.75) is 32.7 Å². The summed E-state index contributed by atoms with van der Waals surface area (Å²) in [7, 11) is 0. The molecular formula is C12H20N4OS. The largest absolute Gasteiger partial charge is 0.340 e. The molecule has 0 aromatic carbocycles. The number of fused-ring (bicyclic) bond motifs is 1. The second kappa shape index (κ2) is 5.73. The highest BCUT2D eigenvalue weighted by atomic mass is 32.2. The summed E-state index contributed by atoms with van der Waals surface area (Å²) >= 11 is 1.58. The van der Waals surface area contributed by atoms with Gasteiger partial charge < -0.3 is 9.47 Å². The summed E-state index contributed by atoms with van der Waals surface area (Å²) in [6, 6.07) is 0. The third-order valence-corrected chi connectivity index (χ3v) is 3.73. The Bertz CT molecular complexity index is 430. The Kier molecular flexibility index (Phi) is 4.27. The highest BCUT2D eigenvalue weighted by Crippen LogP contribution is 2.16. The number of rotatable bonds is 3. The van der Waals surface area contributed by atoms with E-state index in [1.807, 2.05) is 11.2 Å². The van der Waals surface area contributed by atoms with Gasteiger partial charge in [0.1, 0.15) is 11.6 Å². The van der Waals surface area contributed by atoms with Gasteiger partial charge in [-0.15, -0.1) is 10.2 Å². The zero-order chi connectivity index (χ0) is 13.1. The van der Waals surface area contributed by atoms with E-state index < -0.39 is 0 Å². The number of aromatic nitrogens is 3. The molecule has 0 aliphatic carbocycles. The summed E-state index contributed by atoms with van der Waals surface area (Å²) in [5.41, 5.74) is 0. The minimum atomic E-state index is 0.229. The first-order chi connectivity index (χ1) is 8.63. The third kappa shape index (κ3) is 2.68. The highest BCUT2D eigenvalue weighted by Gasteiger charge is 2.22. The SMILES string of the molecule is CSCC(=O)N1CCc2nnc(C(C)C)n2CC1. The monoisotopic (exact) mass is 268 g/mol. The smallest absolute Gasteiger partial charge is 0.232 e. The fourth-order valence-electron chi connectivity index (χ4n) is 2.24. The van der Waals surface area contributed by atoms with Crippen molar-refractivity contribution in [1.29, 1.82) is 0 Å². The second-order valence-corrected chi connectivity index (χ2v) is 5.71. The average Bonchev–Trinajstić information content (AvgIpc) is 2.62. The van der Waals surface area contributed by atoms with E-state index in [0.29, 0.717) is 11.7 Å². The van der Waals surface area contributed by atoms with Crippen molar-refractivity contribution < 1.29 is 4.79 Å². The van der Waals surface area contributed by atoms with Crippen molar-refractivity contribution in [3.05, 3.63) is 11.6 Å². The van der Waals surface area contributed by atoms with E-state index in [2.05, 4.69) is 28.6 Å². The lowest BCUT2D eigenvalue weighted by Crippen LogP contribution is -2.35. The Labute approximate surface area is 112 Å². The van der Waals surface area contributed by atoms with E-state index in [-0.39, 0.29) is 5.91 Å². The minimum absolute atomic E-state index is 0.229. The van der Waals surface area contributed by atoms with Crippen LogP contribution in [0.1, 0.15) is 31.4 Å². The molecule has 100 valence electrons. The van der Waals surface area contributed by atoms with Gasteiger partial charge in [0.2, 0.25) is 5.91 Å². The van der Waals surface area contributed by atoms with E-state index in [9.17, 15) is 4.79 Å². The summed E-state index contributed by atoms with van der Waals surface area (Å²) < 4.78 is 2.18. The first kappa shape index (κ1) is 13.4. The molecule has 1 aromatic heterocycles. The van der Waals surface area contributed by atoms with Gasteiger partial charge in [0.05, 0.1) is 5.75 Å². The maximum absolute atomic E-state index is 11.9. The minimum Gasteiger partial charge on any atom is -0.340 e. The molecule has 0 unspecified atom stereocenters. The molecule has 0 bridgehead atoms. The van der Waals surface area contributed by atoms with Crippen LogP contribution >= 0.6 is 11.8 Å². The maximum Gasteiger partial charge on any atom is 0.232 e. The first-order valence-corrected chi connectivity index (χ1v) is 7.71. The van der Waals surface area contributed by atoms with Crippen molar-refractivity contribution in [2.75, 3.05) is 25.1 Å². The number of carbonyl (C=O) groups excluding carboxylic acids is 1. The standard InChI is InChI=1S/C12H20N4OS/c1-9(2)12-14-13-10-4-5-15(6-7-16(10)12)11(17)8-18-3/h9H,4-8H2,1-3H3. The van der Waals surface area contributed by atoms with E-state index in [1.54, 1.807) is 11.8 Å². The van der Waals surface area contributed by atoms with Gasteiger partial charge in [-0.05, 0) is 6.26 Å². The third-order valence-electron chi connectivity index (χ3n) is 3.19. The number of nitrogens with zero attached hydrogens (tertiary/aromatic N) is 4. The predicted octanol–water partition coefficient (Wildman–Crippen LogP) is 1.15. The summed E-state index contributed by atoms with van der Waals surface area (Å²) in [4.78, 5) is 13.8. The summed E-state index contributed by atoms with van der Waals surface area (Å²) in [5.74, 6) is 3.21. The Hall–Kier alpha value is -1.04. The van der Waals surface area contributed by atoms with Gasteiger partial charge in [-0.2, -0.15) is 11.8 Å². The molecule has 0 radical (unpaired) electrons. The molecule has 2 rings (SSSR count). The van der Waals surface area contributed by atoms with Gasteiger partial charge in [0.15, 0.2) is 0 Å². The van der Waals surface area contributed by atoms with Gasteiger partial charge >= 0.3 is 0 Å². The van der Waals surface area contributed by atoms with E-state index in [4.69, 9.17) is 0 Å². The Balaban J connectivity index is 2.10. The molecule has 0 spiro atoms. The Morgan fingerprint density at radius 1 is 1.33 bits per heavy atom. The van der Waals surface area contributed by atoms with Crippen molar-refractivity contribution in [3.8, 4) is 0 Å². The van der Waals surface area contributed by atoms with Crippen LogP contribution in [0.15, 0.2) is 0 Å². The van der Waals surface area contributed by atoms with Crippen LogP contribution in [0, 0.1) is 0 Å². The van der Waals surface area contributed by atoms with Crippen LogP contribution in [0.3, 0.4) is 0 Å². The van der Waals surface area contributed by atoms with Crippen LogP contribution in [0.5, 0.6) is 0 Å². The van der Waals surface area contributed by atoms with Crippen LogP contribution in [0.2, 0.25) is 0 Å². The van der Waals surface area contributed by atoms with Crippen molar-refractivity contribution in [1.82, 2.24) is 19.7 Å². The molecule has 1 amide bonds. The molecule has 1 aliphatic heterocycles. The number of amides is 1. The highest BCUT2D eigenvalue weighted by molar-refractivity contribution is 7.99. The maximum atomic E-state index is 11.9. The first-order valence-electron chi connectivity index (χ1n) is 6.32. The zero-order valence-electron chi connectivity index (χ0n) is 11.2. The number of carbonyl (C=O) groups is 1. The lowest BCUT2D eigenvalue weighted by atomic mass is 10.2. The lowest BCUT2D eigenvalue weighted by Gasteiger charge is -2.19. The molecule has 0 fully saturated rings. The molecule has 0 atom stereocenters. The quantitative estimate of drug-likeness (QED) is 0.825. The van der Waals surface area contributed by atoms with Gasteiger partial charge in [-0.25, -0.2) is 0 Å². The van der Waals surface area contributed by atoms with E-state index >= 15 is 0 Å². The summed E-state index contributed by atoms with van der Waals surface area (Å²) in [5, 5.41) is 8.50. The van der Waals surface area contributed by atoms with Gasteiger partial charge in [0, 0.05) is 32.0 Å². The van der Waals surface area contributed by atoms with Gasteiger partial charge in [-0.3, -0.25) is 4.79 Å². The average molecular weight is 268 g/mol. The zero-order valence-corrected chi connectivity index (χ0v) is 12.0. The van der Waals surface area contributed by atoms with Crippen LogP contribution in [-0.2, 0) is 17.8 Å². The van der Waals surface area contributed by atoms with Crippen LogP contribution in [0.25, 0.3) is 0 Å². The molecule has 0 N–H and O–H groups in total. The fraction of sp³-hybridized carbons (Fsp3) is 0.750. The molecule has 5 nitrogen and oxygen atoms in total. The Morgan fingerprint density at radius 2 is 2.11 bits per heavy atom. The van der Waals surface area contributed by atoms with Crippen molar-refractivity contribution >= 4 is 17.7 Å². The molecule has 1 aliphatic rings. The molecule has 0 saturated heterocycles. The molecule has 18 heavy (non-hydrogen) atoms. The summed E-state index contributed by atoms with van der Waals surface area (Å²) in [6.45, 7) is 6.59. The van der Waals surface area contributed by atoms with E-state index in [0.717, 1.165) is 37.7 Å². The topological polar surface area (TPSA) is 51.0 Å². The number of thioether (sulfide) groups is 1. The van der Waals surface area contributed by atoms with Crippen LogP contribution in [0.4, 0.5) is 0 Å². The van der Waals surface area contributed by atoms with Crippen molar-refractivity contribution in [2.24, 2.45) is 0 Å². The lowest BCUT2D eigenvalue weighted by molar-refractivity contribution is -0.128. The molecule has 0 saturated carbocycles. The van der Waals surface area contributed by atoms with E-state index in [1.165, 1.54) is 0 Å². The van der Waals surface area contributed by atoms with Crippen molar-refractivity contribution in [3.63, 3.8) is 0 Å². The van der Waals surface area contributed by atoms with Crippen LogP contribution in [-0.4, -0.2) is 50.7 Å². The second-order valence-electron chi connectivity index (χ2n) is 4.84. The normalized spacial score (nSPS) is 15.7. The molecule has 6 heteroatoms.